The summed E-state index contributed by atoms with van der Waals surface area (Å²) in [6, 6.07) is 5.53. The minimum Gasteiger partial charge on any atom is -0.478 e. The highest BCUT2D eigenvalue weighted by Gasteiger charge is 2.19. The highest BCUT2D eigenvalue weighted by molar-refractivity contribution is 7.86. The van der Waals surface area contributed by atoms with E-state index in [-0.39, 0.29) is 21.9 Å². The summed E-state index contributed by atoms with van der Waals surface area (Å²) in [5.74, 6) is -2.63. The van der Waals surface area contributed by atoms with Crippen molar-refractivity contribution in [3.63, 3.8) is 0 Å². The molecule has 0 bridgehead atoms. The van der Waals surface area contributed by atoms with Gasteiger partial charge < -0.3 is 10.2 Å². The van der Waals surface area contributed by atoms with E-state index in [9.17, 15) is 18.0 Å². The molecule has 0 aliphatic rings. The molecule has 0 saturated carbocycles. The van der Waals surface area contributed by atoms with Crippen LogP contribution in [0.2, 0.25) is 0 Å². The zero-order valence-corrected chi connectivity index (χ0v) is 10.6. The third kappa shape index (κ3) is 2.46. The first-order valence-electron chi connectivity index (χ1n) is 5.22. The Morgan fingerprint density at radius 2 is 1.50 bits per heavy atom. The summed E-state index contributed by atoms with van der Waals surface area (Å²) in [6.07, 6.45) is 0. The summed E-state index contributed by atoms with van der Waals surface area (Å²) in [4.78, 5) is 21.2. The second-order valence-electron chi connectivity index (χ2n) is 4.00. The standard InChI is InChI=1S/C12H8O7S/c13-11(14)7-2-1-6-3-8(12(15)16)5-10(9(6)4-7)20(17,18)19/h1-5H,(H,13,14)(H,15,16)(H,17,18,19). The average molecular weight is 296 g/mol. The molecular weight excluding hydrogens is 288 g/mol. The Kier molecular flexibility index (Phi) is 3.20. The molecule has 104 valence electrons. The first-order chi connectivity index (χ1) is 9.20. The number of rotatable bonds is 3. The van der Waals surface area contributed by atoms with Gasteiger partial charge in [0.05, 0.1) is 11.1 Å². The topological polar surface area (TPSA) is 129 Å². The first kappa shape index (κ1) is 14.0. The van der Waals surface area contributed by atoms with Crippen molar-refractivity contribution in [1.82, 2.24) is 0 Å². The van der Waals surface area contributed by atoms with Gasteiger partial charge in [-0.1, -0.05) is 6.07 Å². The molecule has 8 heteroatoms. The van der Waals surface area contributed by atoms with E-state index >= 15 is 0 Å². The van der Waals surface area contributed by atoms with Gasteiger partial charge in [0, 0.05) is 5.39 Å². The summed E-state index contributed by atoms with van der Waals surface area (Å²) in [6.45, 7) is 0. The third-order valence-electron chi connectivity index (χ3n) is 2.69. The average Bonchev–Trinajstić information content (AvgIpc) is 2.35. The molecule has 0 aliphatic carbocycles. The summed E-state index contributed by atoms with van der Waals surface area (Å²) >= 11 is 0. The lowest BCUT2D eigenvalue weighted by atomic mass is 10.0. The molecule has 0 saturated heterocycles. The fourth-order valence-corrected chi connectivity index (χ4v) is 2.52. The van der Waals surface area contributed by atoms with Crippen LogP contribution in [0.5, 0.6) is 0 Å². The molecule has 0 amide bonds. The first-order valence-corrected chi connectivity index (χ1v) is 6.66. The van der Waals surface area contributed by atoms with E-state index in [0.717, 1.165) is 12.1 Å². The van der Waals surface area contributed by atoms with E-state index in [1.807, 2.05) is 0 Å². The van der Waals surface area contributed by atoms with E-state index in [4.69, 9.17) is 14.8 Å². The summed E-state index contributed by atoms with van der Waals surface area (Å²) < 4.78 is 31.8. The number of aromatic carboxylic acids is 2. The lowest BCUT2D eigenvalue weighted by Gasteiger charge is -2.07. The SMILES string of the molecule is O=C(O)c1cc(S(=O)(=O)O)c2cc(C(=O)O)ccc2c1. The Morgan fingerprint density at radius 3 is 2.00 bits per heavy atom. The van der Waals surface area contributed by atoms with Crippen LogP contribution in [0.25, 0.3) is 10.8 Å². The molecule has 0 radical (unpaired) electrons. The zero-order chi connectivity index (χ0) is 15.1. The van der Waals surface area contributed by atoms with Crippen LogP contribution in [0.15, 0.2) is 35.2 Å². The molecule has 0 heterocycles. The normalized spacial score (nSPS) is 11.4. The molecular formula is C12H8O7S. The predicted octanol–water partition coefficient (Wildman–Crippen LogP) is 1.48. The Bertz CT molecular complexity index is 836. The zero-order valence-electron chi connectivity index (χ0n) is 9.77. The van der Waals surface area contributed by atoms with Gasteiger partial charge in [-0.25, -0.2) is 9.59 Å². The molecule has 7 nitrogen and oxygen atoms in total. The maximum Gasteiger partial charge on any atom is 0.335 e. The molecule has 0 unspecified atom stereocenters. The molecule has 2 aromatic rings. The van der Waals surface area contributed by atoms with Crippen molar-refractivity contribution in [3.05, 3.63) is 41.5 Å². The van der Waals surface area contributed by atoms with Gasteiger partial charge in [0.1, 0.15) is 4.90 Å². The monoisotopic (exact) mass is 296 g/mol. The molecule has 0 spiro atoms. The van der Waals surface area contributed by atoms with Gasteiger partial charge in [0.2, 0.25) is 0 Å². The minimum absolute atomic E-state index is 0.0580. The lowest BCUT2D eigenvalue weighted by Crippen LogP contribution is -2.05. The summed E-state index contributed by atoms with van der Waals surface area (Å²) in [5.41, 5.74) is -0.501. The molecule has 20 heavy (non-hydrogen) atoms. The summed E-state index contributed by atoms with van der Waals surface area (Å²) in [5, 5.41) is 17.9. The Hall–Kier alpha value is -2.45. The fourth-order valence-electron chi connectivity index (χ4n) is 1.79. The predicted molar refractivity (Wildman–Crippen MR) is 67.7 cm³/mol. The van der Waals surface area contributed by atoms with Crippen LogP contribution in [0.1, 0.15) is 20.7 Å². The number of benzene rings is 2. The quantitative estimate of drug-likeness (QED) is 0.731. The van der Waals surface area contributed by atoms with Crippen molar-refractivity contribution in [2.75, 3.05) is 0 Å². The number of hydrogen-bond acceptors (Lipinski definition) is 4. The van der Waals surface area contributed by atoms with Gasteiger partial charge >= 0.3 is 11.9 Å². The minimum atomic E-state index is -4.68. The van der Waals surface area contributed by atoms with Crippen LogP contribution in [0, 0.1) is 0 Å². The molecule has 2 aromatic carbocycles. The van der Waals surface area contributed by atoms with Gasteiger partial charge in [-0.15, -0.1) is 0 Å². The molecule has 0 atom stereocenters. The smallest absolute Gasteiger partial charge is 0.335 e. The maximum absolute atomic E-state index is 11.3. The third-order valence-corrected chi connectivity index (χ3v) is 3.58. The number of fused-ring (bicyclic) bond motifs is 1. The lowest BCUT2D eigenvalue weighted by molar-refractivity contribution is 0.0685. The van der Waals surface area contributed by atoms with Gasteiger partial charge in [0.15, 0.2) is 0 Å². The van der Waals surface area contributed by atoms with Crippen molar-refractivity contribution < 1.29 is 32.8 Å². The van der Waals surface area contributed by atoms with E-state index in [0.29, 0.717) is 0 Å². The Morgan fingerprint density at radius 1 is 0.900 bits per heavy atom. The van der Waals surface area contributed by atoms with Gasteiger partial charge in [-0.05, 0) is 29.7 Å². The van der Waals surface area contributed by atoms with Crippen molar-refractivity contribution in [2.24, 2.45) is 0 Å². The van der Waals surface area contributed by atoms with E-state index < -0.39 is 27.0 Å². The molecule has 0 aliphatic heterocycles. The second-order valence-corrected chi connectivity index (χ2v) is 5.39. The van der Waals surface area contributed by atoms with E-state index in [1.54, 1.807) is 0 Å². The van der Waals surface area contributed by atoms with E-state index in [1.165, 1.54) is 18.2 Å². The van der Waals surface area contributed by atoms with Crippen LogP contribution in [0.3, 0.4) is 0 Å². The Labute approximate surface area is 112 Å². The number of carboxylic acids is 2. The molecule has 0 fully saturated rings. The number of hydrogen-bond donors (Lipinski definition) is 3. The van der Waals surface area contributed by atoms with Crippen molar-refractivity contribution in [2.45, 2.75) is 4.90 Å². The Balaban J connectivity index is 2.93. The molecule has 3 N–H and O–H groups in total. The van der Waals surface area contributed by atoms with E-state index in [2.05, 4.69) is 0 Å². The van der Waals surface area contributed by atoms with Crippen molar-refractivity contribution >= 4 is 32.8 Å². The largest absolute Gasteiger partial charge is 0.478 e. The van der Waals surface area contributed by atoms with Gasteiger partial charge in [-0.2, -0.15) is 8.42 Å². The molecule has 2 rings (SSSR count). The van der Waals surface area contributed by atoms with Crippen LogP contribution in [-0.2, 0) is 10.1 Å². The number of carboxylic acid groups (broad SMARTS) is 2. The maximum atomic E-state index is 11.3. The van der Waals surface area contributed by atoms with Crippen LogP contribution < -0.4 is 0 Å². The van der Waals surface area contributed by atoms with Gasteiger partial charge in [-0.3, -0.25) is 4.55 Å². The second kappa shape index (κ2) is 4.58. The van der Waals surface area contributed by atoms with Crippen molar-refractivity contribution in [1.29, 1.82) is 0 Å². The van der Waals surface area contributed by atoms with Crippen LogP contribution in [0.4, 0.5) is 0 Å². The van der Waals surface area contributed by atoms with Crippen molar-refractivity contribution in [3.8, 4) is 0 Å². The number of carbonyl (C=O) groups is 2. The van der Waals surface area contributed by atoms with Crippen LogP contribution >= 0.6 is 0 Å². The molecule has 0 aromatic heterocycles. The van der Waals surface area contributed by atoms with Gasteiger partial charge in [0.25, 0.3) is 10.1 Å². The summed E-state index contributed by atoms with van der Waals surface area (Å²) in [7, 11) is -4.68. The highest BCUT2D eigenvalue weighted by Crippen LogP contribution is 2.26. The highest BCUT2D eigenvalue weighted by atomic mass is 32.2. The van der Waals surface area contributed by atoms with Crippen LogP contribution in [-0.4, -0.2) is 35.1 Å². The fraction of sp³-hybridized carbons (Fsp3) is 0.